The van der Waals surface area contributed by atoms with Gasteiger partial charge in [-0.25, -0.2) is 0 Å². The summed E-state index contributed by atoms with van der Waals surface area (Å²) < 4.78 is 11.4. The Kier molecular flexibility index (Phi) is 8.78. The molecule has 0 radical (unpaired) electrons. The van der Waals surface area contributed by atoms with Gasteiger partial charge in [0.1, 0.15) is 12.6 Å². The second kappa shape index (κ2) is 11.1. The molecule has 0 aliphatic rings. The molecule has 0 aromatic heterocycles. The van der Waals surface area contributed by atoms with Crippen LogP contribution in [-0.2, 0) is 17.9 Å². The molecule has 5 nitrogen and oxygen atoms in total. The highest BCUT2D eigenvalue weighted by molar-refractivity contribution is 7.98. The first kappa shape index (κ1) is 21.4. The summed E-state index contributed by atoms with van der Waals surface area (Å²) in [5, 5.41) is 13.0. The Labute approximate surface area is 169 Å². The molecule has 0 saturated heterocycles. The van der Waals surface area contributed by atoms with Crippen molar-refractivity contribution in [2.75, 3.05) is 19.1 Å². The van der Waals surface area contributed by atoms with E-state index in [1.54, 1.807) is 31.0 Å². The van der Waals surface area contributed by atoms with Crippen LogP contribution in [0.25, 0.3) is 0 Å². The lowest BCUT2D eigenvalue weighted by Crippen LogP contribution is -2.36. The lowest BCUT2D eigenvalue weighted by molar-refractivity contribution is -0.139. The zero-order valence-electron chi connectivity index (χ0n) is 15.4. The Balaban J connectivity index is 2.18. The SMILES string of the molecule is COc1cc(Cl)cc(CNC(CCSC)C(=O)O)c1OCc1ccccc1. The molecule has 2 rings (SSSR count). The lowest BCUT2D eigenvalue weighted by atomic mass is 10.1. The average Bonchev–Trinajstić information content (AvgIpc) is 2.67. The zero-order chi connectivity index (χ0) is 19.6. The van der Waals surface area contributed by atoms with Crippen molar-refractivity contribution in [1.29, 1.82) is 0 Å². The van der Waals surface area contributed by atoms with Crippen molar-refractivity contribution in [2.45, 2.75) is 25.6 Å². The highest BCUT2D eigenvalue weighted by Crippen LogP contribution is 2.35. The van der Waals surface area contributed by atoms with E-state index >= 15 is 0 Å². The summed E-state index contributed by atoms with van der Waals surface area (Å²) in [6, 6.07) is 12.6. The third-order valence-electron chi connectivity index (χ3n) is 3.99. The van der Waals surface area contributed by atoms with Crippen molar-refractivity contribution >= 4 is 29.3 Å². The van der Waals surface area contributed by atoms with Crippen LogP contribution >= 0.6 is 23.4 Å². The summed E-state index contributed by atoms with van der Waals surface area (Å²) >= 11 is 7.81. The fraction of sp³-hybridized carbons (Fsp3) is 0.350. The molecule has 7 heteroatoms. The first-order valence-corrected chi connectivity index (χ1v) is 10.3. The Hall–Kier alpha value is -1.89. The number of carboxylic acid groups (broad SMARTS) is 1. The van der Waals surface area contributed by atoms with E-state index in [-0.39, 0.29) is 0 Å². The molecular weight excluding hydrogens is 386 g/mol. The molecule has 0 bridgehead atoms. The zero-order valence-corrected chi connectivity index (χ0v) is 17.0. The summed E-state index contributed by atoms with van der Waals surface area (Å²) in [6.07, 6.45) is 2.49. The monoisotopic (exact) mass is 409 g/mol. The summed E-state index contributed by atoms with van der Waals surface area (Å²) in [7, 11) is 1.55. The molecule has 146 valence electrons. The van der Waals surface area contributed by atoms with Gasteiger partial charge < -0.3 is 19.9 Å². The fourth-order valence-corrected chi connectivity index (χ4v) is 3.28. The van der Waals surface area contributed by atoms with Crippen LogP contribution < -0.4 is 14.8 Å². The van der Waals surface area contributed by atoms with E-state index in [1.807, 2.05) is 36.6 Å². The number of rotatable bonds is 11. The number of carbonyl (C=O) groups is 1. The molecule has 0 heterocycles. The predicted octanol–water partition coefficient (Wildman–Crippen LogP) is 4.22. The number of benzene rings is 2. The molecule has 0 saturated carbocycles. The lowest BCUT2D eigenvalue weighted by Gasteiger charge is -2.18. The van der Waals surface area contributed by atoms with Crippen LogP contribution in [0.2, 0.25) is 5.02 Å². The first-order valence-electron chi connectivity index (χ1n) is 8.53. The number of thioether (sulfide) groups is 1. The predicted molar refractivity (Wildman–Crippen MR) is 110 cm³/mol. The number of halogens is 1. The van der Waals surface area contributed by atoms with Gasteiger partial charge in [0.15, 0.2) is 11.5 Å². The summed E-state index contributed by atoms with van der Waals surface area (Å²) in [5.41, 5.74) is 1.78. The van der Waals surface area contributed by atoms with Gasteiger partial charge in [-0.05, 0) is 30.1 Å². The van der Waals surface area contributed by atoms with Crippen LogP contribution in [0.1, 0.15) is 17.5 Å². The van der Waals surface area contributed by atoms with E-state index in [9.17, 15) is 9.90 Å². The summed E-state index contributed by atoms with van der Waals surface area (Å²) in [5.74, 6) is 0.975. The second-order valence-electron chi connectivity index (χ2n) is 5.92. The number of hydrogen-bond donors (Lipinski definition) is 2. The molecule has 2 aromatic carbocycles. The van der Waals surface area contributed by atoms with Crippen molar-refractivity contribution in [1.82, 2.24) is 5.32 Å². The smallest absolute Gasteiger partial charge is 0.320 e. The summed E-state index contributed by atoms with van der Waals surface area (Å²) in [6.45, 7) is 0.688. The maximum Gasteiger partial charge on any atom is 0.320 e. The van der Waals surface area contributed by atoms with Crippen molar-refractivity contribution < 1.29 is 19.4 Å². The average molecular weight is 410 g/mol. The minimum absolute atomic E-state index is 0.312. The molecule has 27 heavy (non-hydrogen) atoms. The number of ether oxygens (including phenoxy) is 2. The Morgan fingerprint density at radius 3 is 2.67 bits per heavy atom. The second-order valence-corrected chi connectivity index (χ2v) is 7.35. The van der Waals surface area contributed by atoms with Crippen LogP contribution in [0.3, 0.4) is 0 Å². The van der Waals surface area contributed by atoms with Gasteiger partial charge >= 0.3 is 5.97 Å². The molecule has 2 N–H and O–H groups in total. The minimum Gasteiger partial charge on any atom is -0.493 e. The number of hydrogen-bond acceptors (Lipinski definition) is 5. The van der Waals surface area contributed by atoms with Gasteiger partial charge in [-0.3, -0.25) is 4.79 Å². The Morgan fingerprint density at radius 2 is 2.04 bits per heavy atom. The first-order chi connectivity index (χ1) is 13.0. The fourth-order valence-electron chi connectivity index (χ4n) is 2.58. The third kappa shape index (κ3) is 6.65. The van der Waals surface area contributed by atoms with Gasteiger partial charge in [0.2, 0.25) is 0 Å². The highest BCUT2D eigenvalue weighted by atomic mass is 35.5. The van der Waals surface area contributed by atoms with Crippen LogP contribution in [0.15, 0.2) is 42.5 Å². The van der Waals surface area contributed by atoms with Crippen molar-refractivity contribution in [3.8, 4) is 11.5 Å². The van der Waals surface area contributed by atoms with E-state index < -0.39 is 12.0 Å². The maximum absolute atomic E-state index is 11.5. The van der Waals surface area contributed by atoms with Crippen LogP contribution in [0, 0.1) is 0 Å². The Morgan fingerprint density at radius 1 is 1.30 bits per heavy atom. The van der Waals surface area contributed by atoms with Crippen molar-refractivity contribution in [3.63, 3.8) is 0 Å². The molecule has 0 fully saturated rings. The van der Waals surface area contributed by atoms with E-state index in [4.69, 9.17) is 21.1 Å². The Bertz CT molecular complexity index is 742. The third-order valence-corrected chi connectivity index (χ3v) is 4.85. The highest BCUT2D eigenvalue weighted by Gasteiger charge is 2.19. The molecule has 0 amide bonds. The number of methoxy groups -OCH3 is 1. The quantitative estimate of drug-likeness (QED) is 0.579. The largest absolute Gasteiger partial charge is 0.493 e. The van der Waals surface area contributed by atoms with Gasteiger partial charge in [-0.2, -0.15) is 11.8 Å². The van der Waals surface area contributed by atoms with E-state index in [0.29, 0.717) is 36.1 Å². The molecule has 1 atom stereocenters. The van der Waals surface area contributed by atoms with E-state index in [1.165, 1.54) is 0 Å². The maximum atomic E-state index is 11.5. The molecule has 1 unspecified atom stereocenters. The standard InChI is InChI=1S/C20H24ClNO4S/c1-25-18-11-16(21)10-15(12-22-17(20(23)24)8-9-27-2)19(18)26-13-14-6-4-3-5-7-14/h3-7,10-11,17,22H,8-9,12-13H2,1-2H3,(H,23,24). The number of carboxylic acids is 1. The van der Waals surface area contributed by atoms with Gasteiger partial charge in [0, 0.05) is 23.2 Å². The van der Waals surface area contributed by atoms with Crippen LogP contribution in [-0.4, -0.2) is 36.2 Å². The summed E-state index contributed by atoms with van der Waals surface area (Å²) in [4.78, 5) is 11.5. The van der Waals surface area contributed by atoms with Gasteiger partial charge in [-0.15, -0.1) is 0 Å². The van der Waals surface area contributed by atoms with Gasteiger partial charge in [-0.1, -0.05) is 41.9 Å². The van der Waals surface area contributed by atoms with Gasteiger partial charge in [0.25, 0.3) is 0 Å². The van der Waals surface area contributed by atoms with Crippen LogP contribution in [0.4, 0.5) is 0 Å². The number of nitrogens with one attached hydrogen (secondary N) is 1. The molecule has 0 aliphatic carbocycles. The molecule has 0 spiro atoms. The topological polar surface area (TPSA) is 67.8 Å². The normalized spacial score (nSPS) is 11.8. The number of aliphatic carboxylic acids is 1. The van der Waals surface area contributed by atoms with Gasteiger partial charge in [0.05, 0.1) is 7.11 Å². The minimum atomic E-state index is -0.871. The molecule has 2 aromatic rings. The van der Waals surface area contributed by atoms with E-state index in [2.05, 4.69) is 5.32 Å². The molecule has 0 aliphatic heterocycles. The van der Waals surface area contributed by atoms with E-state index in [0.717, 1.165) is 16.9 Å². The van der Waals surface area contributed by atoms with Crippen LogP contribution in [0.5, 0.6) is 11.5 Å². The van der Waals surface area contributed by atoms with Crippen molar-refractivity contribution in [2.24, 2.45) is 0 Å². The molecular formula is C20H24ClNO4S. The van der Waals surface area contributed by atoms with Crippen molar-refractivity contribution in [3.05, 3.63) is 58.6 Å².